The molecule has 4 heteroatoms. The van der Waals surface area contributed by atoms with Crippen molar-refractivity contribution in [3.8, 4) is 0 Å². The molecule has 0 bridgehead atoms. The normalized spacial score (nSPS) is 34.0. The predicted molar refractivity (Wildman–Crippen MR) is 81.8 cm³/mol. The highest BCUT2D eigenvalue weighted by molar-refractivity contribution is 5.82. The number of amides is 1. The van der Waals surface area contributed by atoms with Gasteiger partial charge in [-0.1, -0.05) is 20.8 Å². The van der Waals surface area contributed by atoms with Crippen LogP contribution in [0.5, 0.6) is 0 Å². The van der Waals surface area contributed by atoms with Crippen molar-refractivity contribution in [2.45, 2.75) is 59.8 Å². The average Bonchev–Trinajstić information content (AvgIpc) is 2.81. The molecule has 1 saturated carbocycles. The van der Waals surface area contributed by atoms with Crippen LogP contribution in [-0.4, -0.2) is 35.0 Å². The van der Waals surface area contributed by atoms with E-state index >= 15 is 0 Å². The van der Waals surface area contributed by atoms with Gasteiger partial charge in [-0.25, -0.2) is 0 Å². The van der Waals surface area contributed by atoms with Crippen LogP contribution in [0.3, 0.4) is 0 Å². The second-order valence-corrected chi connectivity index (χ2v) is 8.29. The Balaban J connectivity index is 1.90. The third-order valence-corrected chi connectivity index (χ3v) is 5.60. The smallest absolute Gasteiger partial charge is 0.311 e. The molecule has 0 spiro atoms. The van der Waals surface area contributed by atoms with Crippen molar-refractivity contribution in [1.29, 1.82) is 0 Å². The van der Waals surface area contributed by atoms with Gasteiger partial charge < -0.3 is 10.0 Å². The van der Waals surface area contributed by atoms with E-state index < -0.39 is 11.4 Å². The van der Waals surface area contributed by atoms with Gasteiger partial charge in [-0.05, 0) is 50.4 Å². The number of aliphatic carboxylic acids is 1. The maximum Gasteiger partial charge on any atom is 0.311 e. The highest BCUT2D eigenvalue weighted by Gasteiger charge is 2.44. The van der Waals surface area contributed by atoms with Gasteiger partial charge in [-0.2, -0.15) is 0 Å². The van der Waals surface area contributed by atoms with Crippen molar-refractivity contribution in [1.82, 2.24) is 4.90 Å². The second kappa shape index (κ2) is 5.62. The fourth-order valence-corrected chi connectivity index (χ4v) is 3.79. The summed E-state index contributed by atoms with van der Waals surface area (Å²) in [5.74, 6) is 0.214. The second-order valence-electron chi connectivity index (χ2n) is 8.29. The van der Waals surface area contributed by atoms with Gasteiger partial charge in [-0.3, -0.25) is 9.59 Å². The first-order valence-electron chi connectivity index (χ1n) is 8.16. The van der Waals surface area contributed by atoms with Crippen LogP contribution in [0, 0.1) is 22.7 Å². The topological polar surface area (TPSA) is 57.6 Å². The summed E-state index contributed by atoms with van der Waals surface area (Å²) in [6.07, 6.45) is 4.72. The minimum absolute atomic E-state index is 0.111. The van der Waals surface area contributed by atoms with Crippen molar-refractivity contribution in [3.05, 3.63) is 0 Å². The summed E-state index contributed by atoms with van der Waals surface area (Å²) in [7, 11) is 0. The van der Waals surface area contributed by atoms with Crippen LogP contribution in [0.15, 0.2) is 0 Å². The van der Waals surface area contributed by atoms with Gasteiger partial charge in [0, 0.05) is 19.0 Å². The van der Waals surface area contributed by atoms with E-state index in [0.717, 1.165) is 25.7 Å². The lowest BCUT2D eigenvalue weighted by Gasteiger charge is -2.37. The number of carbonyl (C=O) groups is 2. The predicted octanol–water partition coefficient (Wildman–Crippen LogP) is 3.16. The average molecular weight is 295 g/mol. The lowest BCUT2D eigenvalue weighted by molar-refractivity contribution is -0.147. The van der Waals surface area contributed by atoms with E-state index in [1.807, 2.05) is 0 Å². The molecule has 2 fully saturated rings. The van der Waals surface area contributed by atoms with E-state index in [1.165, 1.54) is 0 Å². The molecule has 21 heavy (non-hydrogen) atoms. The van der Waals surface area contributed by atoms with Crippen LogP contribution >= 0.6 is 0 Å². The summed E-state index contributed by atoms with van der Waals surface area (Å²) in [5.41, 5.74) is -0.429. The van der Waals surface area contributed by atoms with Crippen molar-refractivity contribution < 1.29 is 14.7 Å². The Morgan fingerprint density at radius 2 is 1.71 bits per heavy atom. The first-order chi connectivity index (χ1) is 9.63. The molecule has 1 saturated heterocycles. The van der Waals surface area contributed by atoms with Gasteiger partial charge in [-0.15, -0.1) is 0 Å². The fraction of sp³-hybridized carbons (Fsp3) is 0.882. The summed E-state index contributed by atoms with van der Waals surface area (Å²) in [6, 6.07) is 0. The third-order valence-electron chi connectivity index (χ3n) is 5.60. The Hall–Kier alpha value is -1.06. The largest absolute Gasteiger partial charge is 0.481 e. The number of carboxylic acids is 1. The number of hydrogen-bond acceptors (Lipinski definition) is 2. The Kier molecular flexibility index (Phi) is 4.36. The summed E-state index contributed by atoms with van der Waals surface area (Å²) in [6.45, 7) is 9.55. The van der Waals surface area contributed by atoms with E-state index in [1.54, 1.807) is 11.8 Å². The fourth-order valence-electron chi connectivity index (χ4n) is 3.79. The van der Waals surface area contributed by atoms with Crippen molar-refractivity contribution >= 4 is 11.9 Å². The van der Waals surface area contributed by atoms with Crippen molar-refractivity contribution in [3.63, 3.8) is 0 Å². The van der Waals surface area contributed by atoms with Gasteiger partial charge >= 0.3 is 5.97 Å². The Morgan fingerprint density at radius 1 is 1.14 bits per heavy atom. The minimum Gasteiger partial charge on any atom is -0.481 e. The molecule has 120 valence electrons. The van der Waals surface area contributed by atoms with E-state index in [9.17, 15) is 14.7 Å². The van der Waals surface area contributed by atoms with Crippen LogP contribution in [-0.2, 0) is 9.59 Å². The Morgan fingerprint density at radius 3 is 2.14 bits per heavy atom. The molecular weight excluding hydrogens is 266 g/mol. The molecule has 2 rings (SSSR count). The zero-order valence-electron chi connectivity index (χ0n) is 13.8. The zero-order valence-corrected chi connectivity index (χ0v) is 13.8. The molecule has 0 aromatic heterocycles. The van der Waals surface area contributed by atoms with Crippen molar-refractivity contribution in [2.24, 2.45) is 22.7 Å². The van der Waals surface area contributed by atoms with E-state index in [2.05, 4.69) is 20.8 Å². The molecular formula is C17H29NO3. The van der Waals surface area contributed by atoms with Gasteiger partial charge in [0.2, 0.25) is 5.91 Å². The number of likely N-dealkylation sites (tertiary alicyclic amines) is 1. The van der Waals surface area contributed by atoms with E-state index in [0.29, 0.717) is 30.8 Å². The number of hydrogen-bond donors (Lipinski definition) is 1. The van der Waals surface area contributed by atoms with Crippen LogP contribution in [0.25, 0.3) is 0 Å². The molecule has 0 aromatic carbocycles. The summed E-state index contributed by atoms with van der Waals surface area (Å²) in [4.78, 5) is 25.7. The number of nitrogens with zero attached hydrogens (tertiary/aromatic N) is 1. The first-order valence-corrected chi connectivity index (χ1v) is 8.16. The highest BCUT2D eigenvalue weighted by atomic mass is 16.4. The quantitative estimate of drug-likeness (QED) is 0.851. The molecule has 1 amide bonds. The highest BCUT2D eigenvalue weighted by Crippen LogP contribution is 2.41. The van der Waals surface area contributed by atoms with Gasteiger partial charge in [0.15, 0.2) is 0 Å². The maximum absolute atomic E-state index is 12.6. The molecule has 2 aliphatic rings. The lowest BCUT2D eigenvalue weighted by atomic mass is 9.69. The molecule has 1 atom stereocenters. The molecule has 0 aromatic rings. The van der Waals surface area contributed by atoms with Crippen LogP contribution in [0.2, 0.25) is 0 Å². The zero-order chi connectivity index (χ0) is 15.8. The molecule has 1 aliphatic carbocycles. The van der Waals surface area contributed by atoms with Crippen LogP contribution < -0.4 is 0 Å². The minimum atomic E-state index is -0.783. The molecule has 1 N–H and O–H groups in total. The molecule has 0 radical (unpaired) electrons. The first kappa shape index (κ1) is 16.3. The Bertz CT molecular complexity index is 418. The number of carbonyl (C=O) groups excluding carboxylic acids is 1. The standard InChI is InChI=1S/C17H29NO3/c1-16(2,3)13-7-5-12(6-8-13)14(19)18-10-9-17(4,11-18)15(20)21/h12-13H,5-11H2,1-4H3,(H,20,21). The van der Waals surface area contributed by atoms with Gasteiger partial charge in [0.05, 0.1) is 5.41 Å². The number of rotatable bonds is 2. The summed E-state index contributed by atoms with van der Waals surface area (Å²) >= 11 is 0. The summed E-state index contributed by atoms with van der Waals surface area (Å²) in [5, 5.41) is 9.27. The molecule has 1 heterocycles. The molecule has 1 unspecified atom stereocenters. The monoisotopic (exact) mass is 295 g/mol. The lowest BCUT2D eigenvalue weighted by Crippen LogP contribution is -2.39. The summed E-state index contributed by atoms with van der Waals surface area (Å²) < 4.78 is 0. The van der Waals surface area contributed by atoms with E-state index in [-0.39, 0.29) is 11.8 Å². The number of carboxylic acid groups (broad SMARTS) is 1. The maximum atomic E-state index is 12.6. The van der Waals surface area contributed by atoms with Gasteiger partial charge in [0.25, 0.3) is 0 Å². The SMILES string of the molecule is CC1(C(=O)O)CCN(C(=O)C2CCC(C(C)(C)C)CC2)C1. The Labute approximate surface area is 127 Å². The third kappa shape index (κ3) is 3.41. The van der Waals surface area contributed by atoms with Crippen LogP contribution in [0.1, 0.15) is 59.8 Å². The van der Waals surface area contributed by atoms with Gasteiger partial charge in [0.1, 0.15) is 0 Å². The molecule has 4 nitrogen and oxygen atoms in total. The van der Waals surface area contributed by atoms with Crippen molar-refractivity contribution in [2.75, 3.05) is 13.1 Å². The van der Waals surface area contributed by atoms with E-state index in [4.69, 9.17) is 0 Å². The molecule has 1 aliphatic heterocycles. The van der Waals surface area contributed by atoms with Crippen LogP contribution in [0.4, 0.5) is 0 Å².